The van der Waals surface area contributed by atoms with Crippen LogP contribution in [0.2, 0.25) is 0 Å². The number of rotatable bonds is 0. The van der Waals surface area contributed by atoms with E-state index in [4.69, 9.17) is 0 Å². The fourth-order valence-electron chi connectivity index (χ4n) is 2.00. The van der Waals surface area contributed by atoms with Gasteiger partial charge in [0.05, 0.1) is 0 Å². The molecule has 1 nitrogen and oxygen atoms in total. The molecule has 0 spiro atoms. The molecule has 1 aliphatic carbocycles. The second-order valence-electron chi connectivity index (χ2n) is 4.36. The zero-order chi connectivity index (χ0) is 10.2. The highest BCUT2D eigenvalue weighted by Crippen LogP contribution is 2.16. The Kier molecular flexibility index (Phi) is 5.58. The topological polar surface area (TPSA) is 17.1 Å². The Hall–Kier alpha value is -0.590. The summed E-state index contributed by atoms with van der Waals surface area (Å²) in [5.41, 5.74) is 0.866. The molecule has 0 N–H and O–H groups in total. The number of hydrogen-bond acceptors (Lipinski definition) is 1. The minimum atomic E-state index is 0.311. The van der Waals surface area contributed by atoms with Crippen molar-refractivity contribution >= 4 is 5.78 Å². The van der Waals surface area contributed by atoms with Crippen LogP contribution in [0.25, 0.3) is 0 Å². The average Bonchev–Trinajstić information content (AvgIpc) is 2.18. The number of Topliss-reactive ketones (excluding diaryl/α,β-unsaturated/α-hetero) is 1. The first-order valence-corrected chi connectivity index (χ1v) is 6.01. The third-order valence-corrected chi connectivity index (χ3v) is 3.03. The van der Waals surface area contributed by atoms with Crippen LogP contribution in [0.3, 0.4) is 0 Å². The number of hydrogen-bond donors (Lipinski definition) is 0. The van der Waals surface area contributed by atoms with Crippen LogP contribution in [0.5, 0.6) is 0 Å². The molecule has 1 fully saturated rings. The van der Waals surface area contributed by atoms with Crippen LogP contribution in [-0.2, 0) is 4.79 Å². The maximum atomic E-state index is 11.5. The molecule has 1 aliphatic rings. The van der Waals surface area contributed by atoms with E-state index in [1.807, 2.05) is 0 Å². The minimum absolute atomic E-state index is 0.311. The molecule has 0 amide bonds. The summed E-state index contributed by atoms with van der Waals surface area (Å²) in [6.45, 7) is 3.87. The Bertz CT molecular complexity index is 171. The second kappa shape index (κ2) is 6.80. The van der Waals surface area contributed by atoms with Gasteiger partial charge < -0.3 is 0 Å². The molecule has 0 heterocycles. The molecule has 1 saturated carbocycles. The van der Waals surface area contributed by atoms with Crippen molar-refractivity contribution in [1.29, 1.82) is 0 Å². The molecule has 0 saturated heterocycles. The van der Waals surface area contributed by atoms with E-state index >= 15 is 0 Å². The van der Waals surface area contributed by atoms with Gasteiger partial charge in [-0.25, -0.2) is 0 Å². The summed E-state index contributed by atoms with van der Waals surface area (Å²) in [6.07, 6.45) is 11.8. The maximum absolute atomic E-state index is 11.5. The number of ketones is 1. The van der Waals surface area contributed by atoms with Crippen molar-refractivity contribution in [2.45, 2.75) is 64.2 Å². The number of carbonyl (C=O) groups excluding carboxylic acids is 1. The Morgan fingerprint density at radius 2 is 1.14 bits per heavy atom. The number of carbonyl (C=O) groups is 1. The van der Waals surface area contributed by atoms with Gasteiger partial charge in [-0.05, 0) is 24.8 Å². The summed E-state index contributed by atoms with van der Waals surface area (Å²) in [6, 6.07) is 0. The Balaban J connectivity index is 2.31. The van der Waals surface area contributed by atoms with Crippen LogP contribution in [-0.4, -0.2) is 5.78 Å². The summed E-state index contributed by atoms with van der Waals surface area (Å²) in [7, 11) is 0. The van der Waals surface area contributed by atoms with E-state index in [1.54, 1.807) is 0 Å². The fourth-order valence-corrected chi connectivity index (χ4v) is 2.00. The summed E-state index contributed by atoms with van der Waals surface area (Å²) < 4.78 is 0. The minimum Gasteiger partial charge on any atom is -0.295 e. The molecule has 0 unspecified atom stereocenters. The molecular weight excluding hydrogens is 172 g/mol. The molecule has 1 rings (SSSR count). The molecule has 0 atom stereocenters. The van der Waals surface area contributed by atoms with Gasteiger partial charge in [0.25, 0.3) is 0 Å². The Morgan fingerprint density at radius 1 is 0.714 bits per heavy atom. The van der Waals surface area contributed by atoms with Crippen molar-refractivity contribution in [2.75, 3.05) is 0 Å². The van der Waals surface area contributed by atoms with E-state index < -0.39 is 0 Å². The van der Waals surface area contributed by atoms with Gasteiger partial charge in [0, 0.05) is 6.42 Å². The molecule has 80 valence electrons. The lowest BCUT2D eigenvalue weighted by molar-refractivity contribution is -0.115. The van der Waals surface area contributed by atoms with Crippen molar-refractivity contribution in [3.05, 3.63) is 12.2 Å². The van der Waals surface area contributed by atoms with E-state index in [9.17, 15) is 4.79 Å². The highest BCUT2D eigenvalue weighted by molar-refractivity contribution is 5.94. The highest BCUT2D eigenvalue weighted by Gasteiger charge is 2.07. The van der Waals surface area contributed by atoms with E-state index in [0.29, 0.717) is 5.78 Å². The molecule has 0 bridgehead atoms. The van der Waals surface area contributed by atoms with Crippen LogP contribution in [0.1, 0.15) is 64.2 Å². The van der Waals surface area contributed by atoms with Crippen molar-refractivity contribution < 1.29 is 4.79 Å². The molecule has 0 aliphatic heterocycles. The fraction of sp³-hybridized carbons (Fsp3) is 0.769. The van der Waals surface area contributed by atoms with Gasteiger partial charge in [-0.2, -0.15) is 0 Å². The lowest BCUT2D eigenvalue weighted by Gasteiger charge is -2.07. The van der Waals surface area contributed by atoms with Gasteiger partial charge in [-0.3, -0.25) is 4.79 Å². The maximum Gasteiger partial charge on any atom is 0.158 e. The van der Waals surface area contributed by atoms with Crippen LogP contribution in [0, 0.1) is 0 Å². The predicted octanol–water partition coefficient (Wildman–Crippen LogP) is 4.03. The number of allylic oxidation sites excluding steroid dienone is 1. The van der Waals surface area contributed by atoms with Crippen molar-refractivity contribution in [1.82, 2.24) is 0 Å². The first kappa shape index (κ1) is 11.5. The van der Waals surface area contributed by atoms with Gasteiger partial charge in [-0.1, -0.05) is 45.1 Å². The van der Waals surface area contributed by atoms with Gasteiger partial charge in [0.2, 0.25) is 0 Å². The monoisotopic (exact) mass is 194 g/mol. The van der Waals surface area contributed by atoms with Crippen molar-refractivity contribution in [2.24, 2.45) is 0 Å². The average molecular weight is 194 g/mol. The molecule has 0 aromatic carbocycles. The smallest absolute Gasteiger partial charge is 0.158 e. The van der Waals surface area contributed by atoms with Gasteiger partial charge in [0.1, 0.15) is 0 Å². The largest absolute Gasteiger partial charge is 0.295 e. The van der Waals surface area contributed by atoms with Crippen molar-refractivity contribution in [3.8, 4) is 0 Å². The molecule has 0 aromatic rings. The summed E-state index contributed by atoms with van der Waals surface area (Å²) >= 11 is 0. The zero-order valence-electron chi connectivity index (χ0n) is 9.19. The van der Waals surface area contributed by atoms with E-state index in [2.05, 4.69) is 6.58 Å². The SMILES string of the molecule is C=C1CCCCCCCCCCC1=O. The molecule has 0 aromatic heterocycles. The van der Waals surface area contributed by atoms with Crippen LogP contribution >= 0.6 is 0 Å². The molecule has 14 heavy (non-hydrogen) atoms. The second-order valence-corrected chi connectivity index (χ2v) is 4.36. The first-order valence-electron chi connectivity index (χ1n) is 6.01. The van der Waals surface area contributed by atoms with Crippen LogP contribution < -0.4 is 0 Å². The van der Waals surface area contributed by atoms with Crippen molar-refractivity contribution in [3.63, 3.8) is 0 Å². The van der Waals surface area contributed by atoms with E-state index in [-0.39, 0.29) is 0 Å². The van der Waals surface area contributed by atoms with Gasteiger partial charge in [-0.15, -0.1) is 0 Å². The molecule has 1 heteroatoms. The first-order chi connectivity index (χ1) is 6.80. The highest BCUT2D eigenvalue weighted by atomic mass is 16.1. The van der Waals surface area contributed by atoms with Gasteiger partial charge in [0.15, 0.2) is 5.78 Å². The summed E-state index contributed by atoms with van der Waals surface area (Å²) in [5, 5.41) is 0. The lowest BCUT2D eigenvalue weighted by Crippen LogP contribution is -2.02. The van der Waals surface area contributed by atoms with E-state index in [0.717, 1.165) is 31.3 Å². The van der Waals surface area contributed by atoms with Crippen LogP contribution in [0.15, 0.2) is 12.2 Å². The zero-order valence-corrected chi connectivity index (χ0v) is 9.19. The van der Waals surface area contributed by atoms with Gasteiger partial charge >= 0.3 is 0 Å². The quantitative estimate of drug-likeness (QED) is 0.532. The molecule has 0 radical (unpaired) electrons. The molecular formula is C13H22O. The third-order valence-electron chi connectivity index (χ3n) is 3.03. The van der Waals surface area contributed by atoms with Crippen LogP contribution in [0.4, 0.5) is 0 Å². The predicted molar refractivity (Wildman–Crippen MR) is 60.3 cm³/mol. The Labute approximate surface area is 87.6 Å². The standard InChI is InChI=1S/C13H22O/c1-12-10-8-6-4-2-3-5-7-9-11-13(12)14/h1-11H2. The van der Waals surface area contributed by atoms with E-state index in [1.165, 1.54) is 38.5 Å². The summed E-state index contributed by atoms with van der Waals surface area (Å²) in [5.74, 6) is 0.311. The lowest BCUT2D eigenvalue weighted by atomic mass is 9.98. The third kappa shape index (κ3) is 4.59. The normalized spacial score (nSPS) is 22.6. The Morgan fingerprint density at radius 3 is 1.71 bits per heavy atom. The summed E-state index contributed by atoms with van der Waals surface area (Å²) in [4.78, 5) is 11.5.